The lowest BCUT2D eigenvalue weighted by Crippen LogP contribution is -2.23. The van der Waals surface area contributed by atoms with Crippen molar-refractivity contribution in [1.82, 2.24) is 5.16 Å². The number of amides is 1. The molecule has 0 aliphatic heterocycles. The van der Waals surface area contributed by atoms with Crippen molar-refractivity contribution >= 4 is 21.6 Å². The maximum absolute atomic E-state index is 13.4. The Bertz CT molecular complexity index is 786. The van der Waals surface area contributed by atoms with Gasteiger partial charge >= 0.3 is 0 Å². The second-order valence-electron chi connectivity index (χ2n) is 4.20. The van der Waals surface area contributed by atoms with E-state index < -0.39 is 38.0 Å². The quantitative estimate of drug-likeness (QED) is 0.927. The molecule has 1 aromatic heterocycles. The van der Waals surface area contributed by atoms with E-state index in [1.807, 2.05) is 0 Å². The number of anilines is 1. The van der Waals surface area contributed by atoms with Gasteiger partial charge in [0.2, 0.25) is 5.91 Å². The van der Waals surface area contributed by atoms with Crippen LogP contribution in [-0.2, 0) is 14.6 Å². The molecule has 0 aliphatic carbocycles. The highest BCUT2D eigenvalue weighted by Crippen LogP contribution is 2.17. The third-order valence-electron chi connectivity index (χ3n) is 2.44. The molecule has 0 saturated heterocycles. The van der Waals surface area contributed by atoms with Crippen molar-refractivity contribution in [3.8, 4) is 0 Å². The van der Waals surface area contributed by atoms with E-state index in [1.54, 1.807) is 6.92 Å². The summed E-state index contributed by atoms with van der Waals surface area (Å²) in [4.78, 5) is 10.8. The van der Waals surface area contributed by atoms with Gasteiger partial charge in [-0.2, -0.15) is 0 Å². The Morgan fingerprint density at radius 3 is 2.67 bits per heavy atom. The fourth-order valence-corrected chi connectivity index (χ4v) is 2.80. The third kappa shape index (κ3) is 3.63. The second kappa shape index (κ2) is 5.60. The van der Waals surface area contributed by atoms with Crippen LogP contribution in [0.4, 0.5) is 14.6 Å². The van der Waals surface area contributed by atoms with E-state index in [9.17, 15) is 22.0 Å². The van der Waals surface area contributed by atoms with Gasteiger partial charge in [0.25, 0.3) is 0 Å². The molecule has 0 saturated carbocycles. The molecular weight excluding hydrogens is 306 g/mol. The lowest BCUT2D eigenvalue weighted by molar-refractivity contribution is -0.113. The maximum atomic E-state index is 13.4. The minimum atomic E-state index is -4.31. The molecule has 0 radical (unpaired) electrons. The van der Waals surface area contributed by atoms with Crippen LogP contribution in [0.3, 0.4) is 0 Å². The van der Waals surface area contributed by atoms with Gasteiger partial charge in [0.05, 0.1) is 0 Å². The van der Waals surface area contributed by atoms with Crippen molar-refractivity contribution in [3.63, 3.8) is 0 Å². The van der Waals surface area contributed by atoms with E-state index in [4.69, 9.17) is 4.52 Å². The molecule has 2 aromatic rings. The highest BCUT2D eigenvalue weighted by Gasteiger charge is 2.24. The van der Waals surface area contributed by atoms with Crippen LogP contribution in [0.1, 0.15) is 5.76 Å². The van der Waals surface area contributed by atoms with E-state index in [0.29, 0.717) is 17.9 Å². The molecule has 0 unspecified atom stereocenters. The van der Waals surface area contributed by atoms with Crippen LogP contribution in [0.5, 0.6) is 0 Å². The van der Waals surface area contributed by atoms with Gasteiger partial charge in [0, 0.05) is 6.07 Å². The van der Waals surface area contributed by atoms with E-state index >= 15 is 0 Å². The van der Waals surface area contributed by atoms with E-state index in [1.165, 1.54) is 6.07 Å². The molecule has 0 spiro atoms. The maximum Gasteiger partial charge on any atom is 0.241 e. The van der Waals surface area contributed by atoms with Gasteiger partial charge in [-0.1, -0.05) is 5.16 Å². The predicted molar refractivity (Wildman–Crippen MR) is 68.3 cm³/mol. The zero-order valence-electron chi connectivity index (χ0n) is 10.8. The SMILES string of the molecule is Cc1cc(NC(=O)CS(=O)(=O)c2cc(F)ccc2F)no1. The van der Waals surface area contributed by atoms with Crippen molar-refractivity contribution in [3.05, 3.63) is 41.7 Å². The number of carbonyl (C=O) groups is 1. The zero-order valence-corrected chi connectivity index (χ0v) is 11.6. The van der Waals surface area contributed by atoms with Crippen LogP contribution in [0.25, 0.3) is 0 Å². The van der Waals surface area contributed by atoms with E-state index in [0.717, 1.165) is 6.07 Å². The van der Waals surface area contributed by atoms with Gasteiger partial charge in [-0.15, -0.1) is 0 Å². The van der Waals surface area contributed by atoms with Crippen molar-refractivity contribution in [1.29, 1.82) is 0 Å². The third-order valence-corrected chi connectivity index (χ3v) is 4.07. The molecular formula is C12H10F2N2O4S. The fraction of sp³-hybridized carbons (Fsp3) is 0.167. The van der Waals surface area contributed by atoms with Gasteiger partial charge in [0.1, 0.15) is 28.0 Å². The number of aryl methyl sites for hydroxylation is 1. The van der Waals surface area contributed by atoms with Crippen molar-refractivity contribution < 1.29 is 26.5 Å². The van der Waals surface area contributed by atoms with Gasteiger partial charge in [-0.3, -0.25) is 4.79 Å². The number of hydrogen-bond donors (Lipinski definition) is 1. The number of sulfone groups is 1. The summed E-state index contributed by atoms with van der Waals surface area (Å²) in [5.74, 6) is -3.56. The first-order chi connectivity index (χ1) is 9.78. The molecule has 1 heterocycles. The molecule has 0 fully saturated rings. The first-order valence-electron chi connectivity index (χ1n) is 5.69. The number of rotatable bonds is 4. The summed E-state index contributed by atoms with van der Waals surface area (Å²) in [5.41, 5.74) is 0. The topological polar surface area (TPSA) is 89.3 Å². The van der Waals surface area contributed by atoms with Crippen LogP contribution >= 0.6 is 0 Å². The number of carbonyl (C=O) groups excluding carboxylic acids is 1. The highest BCUT2D eigenvalue weighted by atomic mass is 32.2. The summed E-state index contributed by atoms with van der Waals surface area (Å²) in [6.07, 6.45) is 0. The molecule has 1 N–H and O–H groups in total. The Morgan fingerprint density at radius 1 is 1.33 bits per heavy atom. The lowest BCUT2D eigenvalue weighted by atomic mass is 10.3. The van der Waals surface area contributed by atoms with Gasteiger partial charge in [-0.25, -0.2) is 17.2 Å². The molecule has 0 atom stereocenters. The molecule has 6 nitrogen and oxygen atoms in total. The molecule has 1 amide bonds. The van der Waals surface area contributed by atoms with Gasteiger partial charge in [-0.05, 0) is 25.1 Å². The second-order valence-corrected chi connectivity index (χ2v) is 6.16. The Kier molecular flexibility index (Phi) is 4.03. The number of benzene rings is 1. The molecule has 0 bridgehead atoms. The van der Waals surface area contributed by atoms with Gasteiger partial charge < -0.3 is 9.84 Å². The standard InChI is InChI=1S/C12H10F2N2O4S/c1-7-4-11(16-20-7)15-12(17)6-21(18,19)10-5-8(13)2-3-9(10)14/h2-5H,6H2,1H3,(H,15,16,17). The number of nitrogens with one attached hydrogen (secondary N) is 1. The largest absolute Gasteiger partial charge is 0.360 e. The summed E-state index contributed by atoms with van der Waals surface area (Å²) < 4.78 is 54.9. The van der Waals surface area contributed by atoms with Crippen LogP contribution in [0.2, 0.25) is 0 Å². The summed E-state index contributed by atoms with van der Waals surface area (Å²) in [6.45, 7) is 1.58. The predicted octanol–water partition coefficient (Wildman–Crippen LogP) is 1.67. The minimum Gasteiger partial charge on any atom is -0.360 e. The Balaban J connectivity index is 2.17. The fourth-order valence-electron chi connectivity index (χ4n) is 1.57. The monoisotopic (exact) mass is 316 g/mol. The number of aromatic nitrogens is 1. The average Bonchev–Trinajstić information content (AvgIpc) is 2.76. The zero-order chi connectivity index (χ0) is 15.6. The van der Waals surface area contributed by atoms with Crippen molar-refractivity contribution in [2.24, 2.45) is 0 Å². The van der Waals surface area contributed by atoms with Crippen LogP contribution in [0, 0.1) is 18.6 Å². The lowest BCUT2D eigenvalue weighted by Gasteiger charge is -2.05. The molecule has 21 heavy (non-hydrogen) atoms. The van der Waals surface area contributed by atoms with E-state index in [-0.39, 0.29) is 5.82 Å². The molecule has 9 heteroatoms. The number of halogens is 2. The molecule has 0 aliphatic rings. The van der Waals surface area contributed by atoms with Crippen LogP contribution in [0.15, 0.2) is 33.7 Å². The van der Waals surface area contributed by atoms with E-state index in [2.05, 4.69) is 10.5 Å². The number of hydrogen-bond acceptors (Lipinski definition) is 5. The molecule has 112 valence electrons. The highest BCUT2D eigenvalue weighted by molar-refractivity contribution is 7.92. The summed E-state index contributed by atoms with van der Waals surface area (Å²) in [5, 5.41) is 5.64. The van der Waals surface area contributed by atoms with Crippen LogP contribution in [-0.4, -0.2) is 25.2 Å². The Hall–Kier alpha value is -2.29. The van der Waals surface area contributed by atoms with Crippen LogP contribution < -0.4 is 5.32 Å². The first kappa shape index (κ1) is 15.1. The minimum absolute atomic E-state index is 0.0346. The summed E-state index contributed by atoms with van der Waals surface area (Å²) >= 11 is 0. The van der Waals surface area contributed by atoms with Crippen molar-refractivity contribution in [2.75, 3.05) is 11.1 Å². The van der Waals surface area contributed by atoms with Gasteiger partial charge in [0.15, 0.2) is 15.7 Å². The Labute approximate surface area is 118 Å². The molecule has 1 aromatic carbocycles. The number of nitrogens with zero attached hydrogens (tertiary/aromatic N) is 1. The van der Waals surface area contributed by atoms with Crippen molar-refractivity contribution in [2.45, 2.75) is 11.8 Å². The summed E-state index contributed by atoms with van der Waals surface area (Å²) in [7, 11) is -4.31. The average molecular weight is 316 g/mol. The summed E-state index contributed by atoms with van der Waals surface area (Å²) in [6, 6.07) is 3.37. The normalized spacial score (nSPS) is 11.4. The Morgan fingerprint density at radius 2 is 2.05 bits per heavy atom. The smallest absolute Gasteiger partial charge is 0.241 e. The first-order valence-corrected chi connectivity index (χ1v) is 7.34. The molecule has 2 rings (SSSR count).